The maximum Gasteiger partial charge on any atom is 0.270 e. The zero-order valence-corrected chi connectivity index (χ0v) is 13.3. The lowest BCUT2D eigenvalue weighted by Crippen LogP contribution is -2.44. The minimum absolute atomic E-state index is 0.132. The van der Waals surface area contributed by atoms with Crippen molar-refractivity contribution in [3.8, 4) is 11.3 Å². The molecule has 1 amide bonds. The lowest BCUT2D eigenvalue weighted by atomic mass is 9.78. The zero-order valence-electron chi connectivity index (χ0n) is 13.3. The third kappa shape index (κ3) is 2.79. The Kier molecular flexibility index (Phi) is 3.69. The van der Waals surface area contributed by atoms with Gasteiger partial charge in [0, 0.05) is 25.3 Å². The van der Waals surface area contributed by atoms with E-state index in [0.29, 0.717) is 11.1 Å². The Labute approximate surface area is 136 Å². The van der Waals surface area contributed by atoms with Gasteiger partial charge in [-0.15, -0.1) is 0 Å². The van der Waals surface area contributed by atoms with Crippen molar-refractivity contribution in [2.75, 3.05) is 26.2 Å². The van der Waals surface area contributed by atoms with E-state index >= 15 is 0 Å². The van der Waals surface area contributed by atoms with E-state index in [1.165, 1.54) is 6.42 Å². The van der Waals surface area contributed by atoms with Crippen LogP contribution in [0.5, 0.6) is 0 Å². The summed E-state index contributed by atoms with van der Waals surface area (Å²) in [7, 11) is 0. The van der Waals surface area contributed by atoms with Gasteiger partial charge in [-0.1, -0.05) is 30.3 Å². The molecule has 2 fully saturated rings. The lowest BCUT2D eigenvalue weighted by Gasteiger charge is -2.38. The van der Waals surface area contributed by atoms with Gasteiger partial charge in [0.1, 0.15) is 5.69 Å². The molecule has 1 aromatic carbocycles. The number of H-pyrrole nitrogens is 1. The van der Waals surface area contributed by atoms with Crippen LogP contribution >= 0.6 is 0 Å². The van der Waals surface area contributed by atoms with Gasteiger partial charge in [0.2, 0.25) is 0 Å². The van der Waals surface area contributed by atoms with Crippen LogP contribution < -0.4 is 5.32 Å². The van der Waals surface area contributed by atoms with E-state index in [1.807, 2.05) is 35.2 Å². The van der Waals surface area contributed by atoms with Crippen molar-refractivity contribution in [1.29, 1.82) is 0 Å². The molecule has 4 heteroatoms. The van der Waals surface area contributed by atoms with Gasteiger partial charge in [0.25, 0.3) is 5.91 Å². The standard InChI is InChI=1S/C19H23N3O/c23-18(22-12-9-19(10-13-22)8-11-20-14-19)17-7-6-16(21-17)15-4-2-1-3-5-15/h1-7,20-21H,8-14H2. The Bertz CT molecular complexity index is 676. The van der Waals surface area contributed by atoms with E-state index in [4.69, 9.17) is 0 Å². The van der Waals surface area contributed by atoms with Gasteiger partial charge in [0.15, 0.2) is 0 Å². The molecule has 120 valence electrons. The number of likely N-dealkylation sites (tertiary alicyclic amines) is 1. The molecule has 23 heavy (non-hydrogen) atoms. The summed E-state index contributed by atoms with van der Waals surface area (Å²) in [5.41, 5.74) is 3.26. The number of hydrogen-bond donors (Lipinski definition) is 2. The van der Waals surface area contributed by atoms with Crippen LogP contribution in [0.4, 0.5) is 0 Å². The van der Waals surface area contributed by atoms with Crippen molar-refractivity contribution in [3.05, 3.63) is 48.2 Å². The number of aromatic nitrogens is 1. The van der Waals surface area contributed by atoms with E-state index in [2.05, 4.69) is 22.4 Å². The number of carbonyl (C=O) groups is 1. The fourth-order valence-electron chi connectivity index (χ4n) is 3.88. The predicted molar refractivity (Wildman–Crippen MR) is 91.3 cm³/mol. The average molecular weight is 309 g/mol. The molecule has 4 nitrogen and oxygen atoms in total. The second-order valence-corrected chi connectivity index (χ2v) is 6.87. The maximum atomic E-state index is 12.7. The molecule has 0 atom stereocenters. The summed E-state index contributed by atoms with van der Waals surface area (Å²) in [5, 5.41) is 3.47. The second-order valence-electron chi connectivity index (χ2n) is 6.87. The molecule has 2 N–H and O–H groups in total. The van der Waals surface area contributed by atoms with Crippen molar-refractivity contribution in [2.45, 2.75) is 19.3 Å². The van der Waals surface area contributed by atoms with Gasteiger partial charge < -0.3 is 15.2 Å². The van der Waals surface area contributed by atoms with Crippen LogP contribution in [0.15, 0.2) is 42.5 Å². The summed E-state index contributed by atoms with van der Waals surface area (Å²) >= 11 is 0. The van der Waals surface area contributed by atoms with E-state index in [1.54, 1.807) is 0 Å². The minimum Gasteiger partial charge on any atom is -0.351 e. The SMILES string of the molecule is O=C(c1ccc(-c2ccccc2)[nH]1)N1CCC2(CCNC2)CC1. The summed E-state index contributed by atoms with van der Waals surface area (Å²) in [5.74, 6) is 0.132. The molecule has 4 rings (SSSR count). The number of benzene rings is 1. The Morgan fingerprint density at radius 2 is 1.78 bits per heavy atom. The summed E-state index contributed by atoms with van der Waals surface area (Å²) < 4.78 is 0. The molecule has 0 unspecified atom stereocenters. The molecule has 0 aliphatic carbocycles. The normalized spacial score (nSPS) is 20.1. The van der Waals surface area contributed by atoms with Crippen LogP contribution in [0.25, 0.3) is 11.3 Å². The minimum atomic E-state index is 0.132. The fraction of sp³-hybridized carbons (Fsp3) is 0.421. The Morgan fingerprint density at radius 1 is 1.00 bits per heavy atom. The molecular formula is C19H23N3O. The topological polar surface area (TPSA) is 48.1 Å². The molecule has 0 radical (unpaired) electrons. The van der Waals surface area contributed by atoms with Crippen LogP contribution in [-0.2, 0) is 0 Å². The summed E-state index contributed by atoms with van der Waals surface area (Å²) in [6, 6.07) is 14.0. The number of nitrogens with zero attached hydrogens (tertiary/aromatic N) is 1. The Hall–Kier alpha value is -2.07. The first-order valence-electron chi connectivity index (χ1n) is 8.50. The molecule has 2 aliphatic heterocycles. The van der Waals surface area contributed by atoms with Gasteiger partial charge in [0.05, 0.1) is 0 Å². The molecular weight excluding hydrogens is 286 g/mol. The smallest absolute Gasteiger partial charge is 0.270 e. The number of amides is 1. The molecule has 2 aromatic rings. The van der Waals surface area contributed by atoms with Gasteiger partial charge in [-0.3, -0.25) is 4.79 Å². The first kappa shape index (κ1) is 14.5. The fourth-order valence-corrected chi connectivity index (χ4v) is 3.88. The number of aromatic amines is 1. The number of piperidine rings is 1. The Morgan fingerprint density at radius 3 is 2.48 bits per heavy atom. The van der Waals surface area contributed by atoms with Crippen LogP contribution in [0.2, 0.25) is 0 Å². The number of nitrogens with one attached hydrogen (secondary N) is 2. The van der Waals surface area contributed by atoms with E-state index in [0.717, 1.165) is 50.3 Å². The summed E-state index contributed by atoms with van der Waals surface area (Å²) in [6.07, 6.45) is 3.51. The molecule has 0 saturated carbocycles. The van der Waals surface area contributed by atoms with Crippen LogP contribution in [0.3, 0.4) is 0 Å². The maximum absolute atomic E-state index is 12.7. The average Bonchev–Trinajstić information content (AvgIpc) is 3.26. The number of carbonyl (C=O) groups excluding carboxylic acids is 1. The molecule has 2 aliphatic rings. The van der Waals surface area contributed by atoms with Gasteiger partial charge >= 0.3 is 0 Å². The van der Waals surface area contributed by atoms with Crippen LogP contribution in [-0.4, -0.2) is 42.0 Å². The van der Waals surface area contributed by atoms with Crippen LogP contribution in [0.1, 0.15) is 29.8 Å². The van der Waals surface area contributed by atoms with Crippen LogP contribution in [0, 0.1) is 5.41 Å². The quantitative estimate of drug-likeness (QED) is 0.896. The highest BCUT2D eigenvalue weighted by Gasteiger charge is 2.38. The van der Waals surface area contributed by atoms with Crippen molar-refractivity contribution in [2.24, 2.45) is 5.41 Å². The second kappa shape index (κ2) is 5.85. The molecule has 2 saturated heterocycles. The molecule has 1 spiro atoms. The first-order valence-corrected chi connectivity index (χ1v) is 8.50. The van der Waals surface area contributed by atoms with Crippen molar-refractivity contribution in [1.82, 2.24) is 15.2 Å². The summed E-state index contributed by atoms with van der Waals surface area (Å²) in [6.45, 7) is 4.00. The predicted octanol–water partition coefficient (Wildman–Crippen LogP) is 2.90. The zero-order chi connectivity index (χ0) is 15.7. The number of hydrogen-bond acceptors (Lipinski definition) is 2. The van der Waals surface area contributed by atoms with Crippen molar-refractivity contribution in [3.63, 3.8) is 0 Å². The highest BCUT2D eigenvalue weighted by atomic mass is 16.2. The largest absolute Gasteiger partial charge is 0.351 e. The first-order chi connectivity index (χ1) is 11.3. The van der Waals surface area contributed by atoms with Gasteiger partial charge in [-0.05, 0) is 48.9 Å². The number of rotatable bonds is 2. The molecule has 1 aromatic heterocycles. The van der Waals surface area contributed by atoms with E-state index < -0.39 is 0 Å². The third-order valence-corrected chi connectivity index (χ3v) is 5.44. The monoisotopic (exact) mass is 309 g/mol. The van der Waals surface area contributed by atoms with Gasteiger partial charge in [-0.25, -0.2) is 0 Å². The molecule has 0 bridgehead atoms. The van der Waals surface area contributed by atoms with Crippen molar-refractivity contribution < 1.29 is 4.79 Å². The lowest BCUT2D eigenvalue weighted by molar-refractivity contribution is 0.0602. The highest BCUT2D eigenvalue weighted by Crippen LogP contribution is 2.37. The van der Waals surface area contributed by atoms with Crippen molar-refractivity contribution >= 4 is 5.91 Å². The highest BCUT2D eigenvalue weighted by molar-refractivity contribution is 5.93. The Balaban J connectivity index is 1.45. The van der Waals surface area contributed by atoms with E-state index in [-0.39, 0.29) is 5.91 Å². The van der Waals surface area contributed by atoms with Gasteiger partial charge in [-0.2, -0.15) is 0 Å². The summed E-state index contributed by atoms with van der Waals surface area (Å²) in [4.78, 5) is 18.0. The van der Waals surface area contributed by atoms with E-state index in [9.17, 15) is 4.79 Å². The molecule has 3 heterocycles. The third-order valence-electron chi connectivity index (χ3n) is 5.44.